The van der Waals surface area contributed by atoms with Crippen LogP contribution in [0.25, 0.3) is 0 Å². The molecule has 0 spiro atoms. The second-order valence-corrected chi connectivity index (χ2v) is 11.1. The highest BCUT2D eigenvalue weighted by atomic mass is 79.9. The lowest BCUT2D eigenvalue weighted by Gasteiger charge is -2.40. The molecule has 3 aromatic carbocycles. The van der Waals surface area contributed by atoms with Crippen LogP contribution in [0.15, 0.2) is 89.4 Å². The van der Waals surface area contributed by atoms with Crippen molar-refractivity contribution in [3.8, 4) is 0 Å². The van der Waals surface area contributed by atoms with Gasteiger partial charge in [-0.1, -0.05) is 95.1 Å². The molecule has 25 heavy (non-hydrogen) atoms. The molecule has 1 heterocycles. The highest BCUT2D eigenvalue weighted by Crippen LogP contribution is 2.35. The van der Waals surface area contributed by atoms with Crippen molar-refractivity contribution in [2.45, 2.75) is 25.0 Å². The van der Waals surface area contributed by atoms with E-state index in [1.807, 2.05) is 0 Å². The van der Waals surface area contributed by atoms with Gasteiger partial charge in [-0.2, -0.15) is 0 Å². The Kier molecular flexibility index (Phi) is 4.88. The van der Waals surface area contributed by atoms with E-state index in [4.69, 9.17) is 4.43 Å². The summed E-state index contributed by atoms with van der Waals surface area (Å²) in [6, 6.07) is 31.5. The van der Waals surface area contributed by atoms with Crippen molar-refractivity contribution in [1.29, 1.82) is 0 Å². The van der Waals surface area contributed by atoms with Gasteiger partial charge in [-0.3, -0.25) is 0 Å². The van der Waals surface area contributed by atoms with E-state index in [-0.39, 0.29) is 6.10 Å². The average molecular weight is 409 g/mol. The number of rotatable bonds is 3. The molecule has 0 amide bonds. The topological polar surface area (TPSA) is 9.23 Å². The molecule has 1 fully saturated rings. The van der Waals surface area contributed by atoms with Gasteiger partial charge in [-0.15, -0.1) is 0 Å². The molecule has 126 valence electrons. The summed E-state index contributed by atoms with van der Waals surface area (Å²) in [6.07, 6.45) is 2.47. The van der Waals surface area contributed by atoms with Crippen molar-refractivity contribution in [3.63, 3.8) is 0 Å². The molecule has 3 aromatic rings. The molecule has 1 unspecified atom stereocenters. The lowest BCUT2D eigenvalue weighted by molar-refractivity contribution is 0.170. The molecule has 1 aliphatic heterocycles. The third-order valence-corrected chi connectivity index (χ3v) is 9.87. The minimum absolute atomic E-state index is 0.175. The van der Waals surface area contributed by atoms with Crippen LogP contribution in [0, 0.1) is 0 Å². The zero-order valence-corrected chi connectivity index (χ0v) is 16.7. The van der Waals surface area contributed by atoms with Gasteiger partial charge in [-0.25, -0.2) is 0 Å². The van der Waals surface area contributed by atoms with Gasteiger partial charge in [0.25, 0.3) is 8.32 Å². The van der Waals surface area contributed by atoms with Gasteiger partial charge in [0.05, 0.1) is 6.10 Å². The van der Waals surface area contributed by atoms with Crippen LogP contribution in [-0.2, 0) is 4.43 Å². The Morgan fingerprint density at radius 3 is 1.88 bits per heavy atom. The highest BCUT2D eigenvalue weighted by molar-refractivity contribution is 9.10. The maximum Gasteiger partial charge on any atom is 0.256 e. The zero-order chi connectivity index (χ0) is 17.1. The first-order valence-electron chi connectivity index (χ1n) is 8.82. The van der Waals surface area contributed by atoms with E-state index in [2.05, 4.69) is 101 Å². The lowest BCUT2D eigenvalue weighted by Crippen LogP contribution is -2.62. The molecule has 1 nitrogen and oxygen atoms in total. The van der Waals surface area contributed by atoms with Gasteiger partial charge >= 0.3 is 0 Å². The summed E-state index contributed by atoms with van der Waals surface area (Å²) in [5.74, 6) is 0. The van der Waals surface area contributed by atoms with Crippen LogP contribution in [0.3, 0.4) is 0 Å². The average Bonchev–Trinajstić information content (AvgIpc) is 2.70. The molecule has 0 saturated carbocycles. The Hall–Kier alpha value is -1.68. The van der Waals surface area contributed by atoms with Crippen molar-refractivity contribution >= 4 is 34.6 Å². The van der Waals surface area contributed by atoms with Crippen LogP contribution >= 0.6 is 15.9 Å². The Bertz CT molecular complexity index is 778. The van der Waals surface area contributed by atoms with E-state index in [1.54, 1.807) is 0 Å². The first kappa shape index (κ1) is 16.8. The van der Waals surface area contributed by atoms with Gasteiger partial charge in [0, 0.05) is 4.47 Å². The fourth-order valence-electron chi connectivity index (χ4n) is 3.82. The normalized spacial score (nSPS) is 19.5. The van der Waals surface area contributed by atoms with Crippen molar-refractivity contribution in [2.24, 2.45) is 0 Å². The van der Waals surface area contributed by atoms with Crippen LogP contribution in [0.5, 0.6) is 0 Å². The Balaban J connectivity index is 1.77. The molecule has 1 aliphatic rings. The highest BCUT2D eigenvalue weighted by Gasteiger charge is 2.44. The minimum Gasteiger partial charge on any atom is -0.401 e. The van der Waals surface area contributed by atoms with E-state index in [0.717, 1.165) is 16.9 Å². The van der Waals surface area contributed by atoms with E-state index >= 15 is 0 Å². The summed E-state index contributed by atoms with van der Waals surface area (Å²) in [5.41, 5.74) is 1.28. The number of hydrogen-bond donors (Lipinski definition) is 0. The fourth-order valence-corrected chi connectivity index (χ4v) is 8.28. The number of halogens is 1. The predicted octanol–water partition coefficient (Wildman–Crippen LogP) is 5.06. The molecular formula is C22H21BrOSi. The Labute approximate surface area is 158 Å². The Morgan fingerprint density at radius 2 is 1.32 bits per heavy atom. The molecule has 0 bridgehead atoms. The SMILES string of the molecule is Brc1ccc(C2CCC[Si](c3ccccc3)(c3ccccc3)O2)cc1. The fraction of sp³-hybridized carbons (Fsp3) is 0.182. The van der Waals surface area contributed by atoms with E-state index in [1.165, 1.54) is 22.4 Å². The summed E-state index contributed by atoms with van der Waals surface area (Å²) in [4.78, 5) is 0. The van der Waals surface area contributed by atoms with E-state index in [0.29, 0.717) is 0 Å². The molecule has 0 radical (unpaired) electrons. The van der Waals surface area contributed by atoms with E-state index < -0.39 is 8.32 Å². The summed E-state index contributed by atoms with van der Waals surface area (Å²) >= 11 is 3.53. The minimum atomic E-state index is -2.21. The zero-order valence-electron chi connectivity index (χ0n) is 14.1. The second kappa shape index (κ2) is 7.28. The molecule has 0 N–H and O–H groups in total. The first-order valence-corrected chi connectivity index (χ1v) is 11.7. The molecule has 0 aliphatic carbocycles. The number of hydrogen-bond acceptors (Lipinski definition) is 1. The lowest BCUT2D eigenvalue weighted by atomic mass is 10.1. The summed E-state index contributed by atoms with van der Waals surface area (Å²) in [5, 5.41) is 2.76. The Morgan fingerprint density at radius 1 is 0.760 bits per heavy atom. The van der Waals surface area contributed by atoms with Gasteiger partial charge in [0.15, 0.2) is 0 Å². The molecule has 1 saturated heterocycles. The molecule has 3 heteroatoms. The standard InChI is InChI=1S/C22H21BrOSi/c23-19-15-13-18(14-16-19)22-12-7-17-25(24-22,20-8-3-1-4-9-20)21-10-5-2-6-11-21/h1-6,8-11,13-16,22H,7,12,17H2. The van der Waals surface area contributed by atoms with Crippen LogP contribution in [0.4, 0.5) is 0 Å². The quantitative estimate of drug-likeness (QED) is 0.550. The summed E-state index contributed by atoms with van der Waals surface area (Å²) in [7, 11) is -2.21. The molecule has 4 rings (SSSR count). The van der Waals surface area contributed by atoms with Crippen molar-refractivity contribution in [3.05, 3.63) is 95.0 Å². The molecular weight excluding hydrogens is 388 g/mol. The third-order valence-electron chi connectivity index (χ3n) is 5.06. The smallest absolute Gasteiger partial charge is 0.256 e. The monoisotopic (exact) mass is 408 g/mol. The van der Waals surface area contributed by atoms with Crippen molar-refractivity contribution in [2.75, 3.05) is 0 Å². The summed E-state index contributed by atoms with van der Waals surface area (Å²) in [6.45, 7) is 0. The van der Waals surface area contributed by atoms with Crippen LogP contribution in [0.1, 0.15) is 24.5 Å². The van der Waals surface area contributed by atoms with Crippen LogP contribution in [-0.4, -0.2) is 8.32 Å². The second-order valence-electron chi connectivity index (χ2n) is 6.61. The number of benzene rings is 3. The van der Waals surface area contributed by atoms with Crippen molar-refractivity contribution in [1.82, 2.24) is 0 Å². The first-order chi connectivity index (χ1) is 12.3. The molecule has 0 aromatic heterocycles. The predicted molar refractivity (Wildman–Crippen MR) is 110 cm³/mol. The van der Waals surface area contributed by atoms with Crippen LogP contribution in [0.2, 0.25) is 6.04 Å². The van der Waals surface area contributed by atoms with Crippen molar-refractivity contribution < 1.29 is 4.43 Å². The van der Waals surface area contributed by atoms with E-state index in [9.17, 15) is 0 Å². The maximum absolute atomic E-state index is 7.00. The van der Waals surface area contributed by atoms with Gasteiger partial charge < -0.3 is 4.43 Å². The largest absolute Gasteiger partial charge is 0.401 e. The third kappa shape index (κ3) is 3.37. The molecule has 1 atom stereocenters. The van der Waals surface area contributed by atoms with Crippen LogP contribution < -0.4 is 10.4 Å². The van der Waals surface area contributed by atoms with Gasteiger partial charge in [0.2, 0.25) is 0 Å². The van der Waals surface area contributed by atoms with Gasteiger partial charge in [0.1, 0.15) is 0 Å². The maximum atomic E-state index is 7.00. The van der Waals surface area contributed by atoms with Gasteiger partial charge in [-0.05, 0) is 40.5 Å². The summed E-state index contributed by atoms with van der Waals surface area (Å²) < 4.78 is 8.11.